The van der Waals surface area contributed by atoms with E-state index in [4.69, 9.17) is 4.74 Å². The Kier molecular flexibility index (Phi) is 6.06. The van der Waals surface area contributed by atoms with E-state index in [0.29, 0.717) is 37.4 Å². The Morgan fingerprint density at radius 3 is 2.45 bits per heavy atom. The highest BCUT2D eigenvalue weighted by atomic mass is 16.5. The highest BCUT2D eigenvalue weighted by Crippen LogP contribution is 2.40. The molecule has 0 unspecified atom stereocenters. The van der Waals surface area contributed by atoms with Crippen LogP contribution in [0.2, 0.25) is 0 Å². The molecule has 2 heterocycles. The number of carbonyl (C=O) groups excluding carboxylic acids is 2. The molecule has 0 aromatic heterocycles. The minimum Gasteiger partial charge on any atom is -0.508 e. The Bertz CT molecular complexity index is 1010. The van der Waals surface area contributed by atoms with Gasteiger partial charge in [0.15, 0.2) is 0 Å². The highest BCUT2D eigenvalue weighted by molar-refractivity contribution is 6.46. The summed E-state index contributed by atoms with van der Waals surface area (Å²) in [6.07, 6.45) is 0. The normalized spacial score (nSPS) is 21.6. The van der Waals surface area contributed by atoms with Gasteiger partial charge in [0.1, 0.15) is 11.5 Å². The van der Waals surface area contributed by atoms with Crippen molar-refractivity contribution in [1.82, 2.24) is 9.80 Å². The van der Waals surface area contributed by atoms with Crippen molar-refractivity contribution in [3.63, 3.8) is 0 Å². The van der Waals surface area contributed by atoms with Gasteiger partial charge in [-0.3, -0.25) is 14.5 Å². The monoisotopic (exact) mass is 422 g/mol. The minimum atomic E-state index is -0.769. The molecule has 0 radical (unpaired) electrons. The van der Waals surface area contributed by atoms with Crippen molar-refractivity contribution >= 4 is 17.4 Å². The van der Waals surface area contributed by atoms with Crippen LogP contribution < -0.4 is 0 Å². The van der Waals surface area contributed by atoms with Crippen LogP contribution in [0.5, 0.6) is 5.75 Å². The van der Waals surface area contributed by atoms with Crippen LogP contribution in [0.3, 0.4) is 0 Å². The number of phenols is 1. The molecule has 7 nitrogen and oxygen atoms in total. The van der Waals surface area contributed by atoms with Gasteiger partial charge in [-0.25, -0.2) is 0 Å². The van der Waals surface area contributed by atoms with Crippen LogP contribution in [0.25, 0.3) is 5.76 Å². The average Bonchev–Trinajstić information content (AvgIpc) is 3.03. The summed E-state index contributed by atoms with van der Waals surface area (Å²) in [7, 11) is 0. The fourth-order valence-corrected chi connectivity index (χ4v) is 4.09. The number of hydrogen-bond acceptors (Lipinski definition) is 6. The van der Waals surface area contributed by atoms with Gasteiger partial charge < -0.3 is 19.8 Å². The first-order valence-corrected chi connectivity index (χ1v) is 10.4. The number of morpholine rings is 1. The van der Waals surface area contributed by atoms with E-state index in [1.54, 1.807) is 24.3 Å². The van der Waals surface area contributed by atoms with Crippen LogP contribution in [0.15, 0.2) is 54.1 Å². The SMILES string of the molecule is Cc1ccc(/C(O)=C2/C(=O)C(=O)N(CCN3CCOCC3)[C@@H]2c2cccc(O)c2)cc1. The number of phenolic OH excluding ortho intramolecular Hbond substituents is 1. The minimum absolute atomic E-state index is 0.0339. The number of rotatable bonds is 5. The van der Waals surface area contributed by atoms with Crippen molar-refractivity contribution in [1.29, 1.82) is 0 Å². The lowest BCUT2D eigenvalue weighted by Gasteiger charge is -2.31. The predicted molar refractivity (Wildman–Crippen MR) is 116 cm³/mol. The number of hydrogen-bond donors (Lipinski definition) is 2. The van der Waals surface area contributed by atoms with E-state index in [0.717, 1.165) is 18.7 Å². The van der Waals surface area contributed by atoms with Crippen molar-refractivity contribution in [3.05, 3.63) is 70.8 Å². The van der Waals surface area contributed by atoms with Gasteiger partial charge >= 0.3 is 0 Å². The number of carbonyl (C=O) groups is 2. The third-order valence-corrected chi connectivity index (χ3v) is 5.81. The first kappa shape index (κ1) is 21.1. The summed E-state index contributed by atoms with van der Waals surface area (Å²) in [5, 5.41) is 21.0. The summed E-state index contributed by atoms with van der Waals surface area (Å²) in [5.41, 5.74) is 2.12. The molecule has 4 rings (SSSR count). The Labute approximate surface area is 181 Å². The number of aliphatic hydroxyl groups excluding tert-OH is 1. The summed E-state index contributed by atoms with van der Waals surface area (Å²) >= 11 is 0. The van der Waals surface area contributed by atoms with Gasteiger partial charge in [-0.15, -0.1) is 0 Å². The second-order valence-corrected chi connectivity index (χ2v) is 7.91. The van der Waals surface area contributed by atoms with Gasteiger partial charge in [0, 0.05) is 31.7 Å². The quantitative estimate of drug-likeness (QED) is 0.437. The third-order valence-electron chi connectivity index (χ3n) is 5.81. The number of benzene rings is 2. The maximum Gasteiger partial charge on any atom is 0.295 e. The van der Waals surface area contributed by atoms with E-state index in [1.807, 2.05) is 19.1 Å². The predicted octanol–water partition coefficient (Wildman–Crippen LogP) is 2.45. The van der Waals surface area contributed by atoms with E-state index in [1.165, 1.54) is 17.0 Å². The third kappa shape index (κ3) is 4.33. The van der Waals surface area contributed by atoms with Crippen LogP contribution in [0.4, 0.5) is 0 Å². The van der Waals surface area contributed by atoms with Crippen molar-refractivity contribution in [2.24, 2.45) is 0 Å². The van der Waals surface area contributed by atoms with Crippen LogP contribution in [0.1, 0.15) is 22.7 Å². The first-order chi connectivity index (χ1) is 15.0. The van der Waals surface area contributed by atoms with E-state index in [-0.39, 0.29) is 17.1 Å². The molecule has 0 spiro atoms. The van der Waals surface area contributed by atoms with Crippen LogP contribution in [0, 0.1) is 6.92 Å². The summed E-state index contributed by atoms with van der Waals surface area (Å²) in [6, 6.07) is 12.8. The fraction of sp³-hybridized carbons (Fsp3) is 0.333. The molecule has 0 aliphatic carbocycles. The Morgan fingerprint density at radius 1 is 1.06 bits per heavy atom. The molecule has 2 fully saturated rings. The van der Waals surface area contributed by atoms with Crippen molar-refractivity contribution < 1.29 is 24.5 Å². The number of ether oxygens (including phenoxy) is 1. The average molecular weight is 422 g/mol. The van der Waals surface area contributed by atoms with Crippen LogP contribution in [-0.2, 0) is 14.3 Å². The van der Waals surface area contributed by atoms with E-state index in [9.17, 15) is 19.8 Å². The molecule has 7 heteroatoms. The number of ketones is 1. The van der Waals surface area contributed by atoms with Gasteiger partial charge in [0.25, 0.3) is 11.7 Å². The smallest absolute Gasteiger partial charge is 0.295 e. The topological polar surface area (TPSA) is 90.3 Å². The molecule has 2 N–H and O–H groups in total. The first-order valence-electron chi connectivity index (χ1n) is 10.4. The molecule has 2 aliphatic rings. The second kappa shape index (κ2) is 8.91. The molecule has 31 heavy (non-hydrogen) atoms. The number of nitrogens with zero attached hydrogens (tertiary/aromatic N) is 2. The fourth-order valence-electron chi connectivity index (χ4n) is 4.09. The lowest BCUT2D eigenvalue weighted by atomic mass is 9.95. The molecule has 2 aliphatic heterocycles. The molecule has 2 aromatic carbocycles. The Balaban J connectivity index is 1.73. The largest absolute Gasteiger partial charge is 0.508 e. The number of aromatic hydroxyl groups is 1. The summed E-state index contributed by atoms with van der Waals surface area (Å²) in [6.45, 7) is 5.67. The highest BCUT2D eigenvalue weighted by Gasteiger charge is 2.46. The number of Topliss-reactive ketones (excluding diaryl/α,β-unsaturated/α-hetero) is 1. The number of aliphatic hydroxyl groups is 1. The number of likely N-dealkylation sites (tertiary alicyclic amines) is 1. The molecule has 0 saturated carbocycles. The molecule has 2 saturated heterocycles. The Hall–Kier alpha value is -3.16. The molecule has 2 aromatic rings. The van der Waals surface area contributed by atoms with Gasteiger partial charge in [0.2, 0.25) is 0 Å². The van der Waals surface area contributed by atoms with Gasteiger partial charge in [-0.05, 0) is 24.6 Å². The molecular formula is C24H26N2O5. The van der Waals surface area contributed by atoms with Crippen molar-refractivity contribution in [2.75, 3.05) is 39.4 Å². The van der Waals surface area contributed by atoms with Gasteiger partial charge in [0.05, 0.1) is 24.8 Å². The summed E-state index contributed by atoms with van der Waals surface area (Å²) < 4.78 is 5.37. The lowest BCUT2D eigenvalue weighted by Crippen LogP contribution is -2.42. The standard InChI is InChI=1S/C24H26N2O5/c1-16-5-7-17(8-6-16)22(28)20-21(18-3-2-4-19(27)15-18)26(24(30)23(20)29)10-9-25-11-13-31-14-12-25/h2-8,15,21,27-28H,9-14H2,1H3/b22-20-/t21-/m1/s1. The molecule has 162 valence electrons. The second-order valence-electron chi connectivity index (χ2n) is 7.91. The van der Waals surface area contributed by atoms with Crippen molar-refractivity contribution in [3.8, 4) is 5.75 Å². The van der Waals surface area contributed by atoms with Crippen molar-refractivity contribution in [2.45, 2.75) is 13.0 Å². The molecule has 1 atom stereocenters. The molecular weight excluding hydrogens is 396 g/mol. The molecule has 1 amide bonds. The maximum absolute atomic E-state index is 13.0. The Morgan fingerprint density at radius 2 is 1.77 bits per heavy atom. The zero-order valence-corrected chi connectivity index (χ0v) is 17.5. The summed E-state index contributed by atoms with van der Waals surface area (Å²) in [5.74, 6) is -1.53. The maximum atomic E-state index is 13.0. The van der Waals surface area contributed by atoms with Crippen LogP contribution in [-0.4, -0.2) is 71.1 Å². The van der Waals surface area contributed by atoms with E-state index < -0.39 is 17.7 Å². The lowest BCUT2D eigenvalue weighted by molar-refractivity contribution is -0.140. The zero-order chi connectivity index (χ0) is 22.0. The van der Waals surface area contributed by atoms with Gasteiger partial charge in [-0.1, -0.05) is 42.0 Å². The summed E-state index contributed by atoms with van der Waals surface area (Å²) in [4.78, 5) is 29.7. The number of amides is 1. The van der Waals surface area contributed by atoms with Crippen LogP contribution >= 0.6 is 0 Å². The zero-order valence-electron chi connectivity index (χ0n) is 17.5. The molecule has 0 bridgehead atoms. The van der Waals surface area contributed by atoms with Gasteiger partial charge in [-0.2, -0.15) is 0 Å². The van der Waals surface area contributed by atoms with E-state index >= 15 is 0 Å². The number of aryl methyl sites for hydroxylation is 1. The van der Waals surface area contributed by atoms with E-state index in [2.05, 4.69) is 4.90 Å².